The summed E-state index contributed by atoms with van der Waals surface area (Å²) in [6, 6.07) is 1.85. The Morgan fingerprint density at radius 2 is 2.33 bits per heavy atom. The molecule has 112 valence electrons. The zero-order chi connectivity index (χ0) is 14.8. The quantitative estimate of drug-likeness (QED) is 0.872. The Bertz CT molecular complexity index is 583. The van der Waals surface area contributed by atoms with Gasteiger partial charge >= 0.3 is 0 Å². The maximum Gasteiger partial charge on any atom is 0.264 e. The highest BCUT2D eigenvalue weighted by molar-refractivity contribution is 7.12. The molecule has 3 atom stereocenters. The third-order valence-corrected chi connectivity index (χ3v) is 5.80. The van der Waals surface area contributed by atoms with E-state index in [0.29, 0.717) is 10.8 Å². The molecule has 2 aliphatic carbocycles. The number of aliphatic hydroxyl groups excluding tert-OH is 1. The fourth-order valence-electron chi connectivity index (χ4n) is 3.92. The van der Waals surface area contributed by atoms with Crippen LogP contribution in [-0.2, 0) is 0 Å². The number of hydrogen-bond donors (Lipinski definition) is 1. The van der Waals surface area contributed by atoms with Crippen molar-refractivity contribution in [2.24, 2.45) is 17.8 Å². The van der Waals surface area contributed by atoms with E-state index in [-0.39, 0.29) is 12.5 Å². The first-order chi connectivity index (χ1) is 10.2. The molecule has 1 aromatic rings. The molecule has 0 radical (unpaired) electrons. The van der Waals surface area contributed by atoms with Gasteiger partial charge in [0.1, 0.15) is 11.5 Å². The number of fused-ring (bicyclic) bond motifs is 2. The summed E-state index contributed by atoms with van der Waals surface area (Å²) in [4.78, 5) is 15.1. The highest BCUT2D eigenvalue weighted by Gasteiger charge is 2.40. The molecule has 4 heteroatoms. The summed E-state index contributed by atoms with van der Waals surface area (Å²) in [5.41, 5.74) is 0.735. The van der Waals surface area contributed by atoms with Gasteiger partial charge in [-0.3, -0.25) is 4.79 Å². The van der Waals surface area contributed by atoms with Crippen LogP contribution in [0.3, 0.4) is 0 Å². The summed E-state index contributed by atoms with van der Waals surface area (Å²) in [7, 11) is 1.90. The van der Waals surface area contributed by atoms with Crippen LogP contribution in [0.1, 0.15) is 40.9 Å². The average molecular weight is 303 g/mol. The van der Waals surface area contributed by atoms with Crippen LogP contribution < -0.4 is 0 Å². The SMILES string of the molecule is CN(CC1CC2CCC1C2)C(=O)c1sccc1C#CCO. The van der Waals surface area contributed by atoms with Crippen LogP contribution in [0.15, 0.2) is 11.4 Å². The minimum atomic E-state index is -0.176. The van der Waals surface area contributed by atoms with Gasteiger partial charge in [-0.15, -0.1) is 11.3 Å². The van der Waals surface area contributed by atoms with Gasteiger partial charge in [-0.2, -0.15) is 0 Å². The van der Waals surface area contributed by atoms with Crippen LogP contribution in [0.4, 0.5) is 0 Å². The molecule has 3 rings (SSSR count). The third-order valence-electron chi connectivity index (χ3n) is 4.90. The predicted molar refractivity (Wildman–Crippen MR) is 84.2 cm³/mol. The van der Waals surface area contributed by atoms with E-state index < -0.39 is 0 Å². The molecule has 2 aliphatic rings. The first kappa shape index (κ1) is 14.6. The number of hydrogen-bond acceptors (Lipinski definition) is 3. The van der Waals surface area contributed by atoms with Crippen molar-refractivity contribution in [2.75, 3.05) is 20.2 Å². The van der Waals surface area contributed by atoms with Crippen molar-refractivity contribution >= 4 is 17.2 Å². The molecular formula is C17H21NO2S. The monoisotopic (exact) mass is 303 g/mol. The van der Waals surface area contributed by atoms with Crippen molar-refractivity contribution in [1.82, 2.24) is 4.90 Å². The highest BCUT2D eigenvalue weighted by Crippen LogP contribution is 2.48. The second kappa shape index (κ2) is 6.21. The van der Waals surface area contributed by atoms with Crippen LogP contribution in [0.2, 0.25) is 0 Å². The number of amides is 1. The summed E-state index contributed by atoms with van der Waals surface area (Å²) in [5.74, 6) is 7.98. The van der Waals surface area contributed by atoms with Crippen molar-refractivity contribution in [1.29, 1.82) is 0 Å². The van der Waals surface area contributed by atoms with Gasteiger partial charge < -0.3 is 10.0 Å². The predicted octanol–water partition coefficient (Wildman–Crippen LogP) is 2.60. The average Bonchev–Trinajstić information content (AvgIpc) is 3.20. The highest BCUT2D eigenvalue weighted by atomic mass is 32.1. The van der Waals surface area contributed by atoms with E-state index in [1.807, 2.05) is 23.4 Å². The van der Waals surface area contributed by atoms with Gasteiger partial charge in [0.15, 0.2) is 0 Å². The van der Waals surface area contributed by atoms with E-state index in [1.54, 1.807) is 0 Å². The van der Waals surface area contributed by atoms with E-state index in [2.05, 4.69) is 11.8 Å². The molecule has 1 amide bonds. The normalized spacial score (nSPS) is 26.5. The Hall–Kier alpha value is -1.31. The fourth-order valence-corrected chi connectivity index (χ4v) is 4.76. The van der Waals surface area contributed by atoms with Gasteiger partial charge in [-0.1, -0.05) is 18.3 Å². The second-order valence-electron chi connectivity index (χ2n) is 6.24. The van der Waals surface area contributed by atoms with Crippen LogP contribution >= 0.6 is 11.3 Å². The van der Waals surface area contributed by atoms with Crippen molar-refractivity contribution in [3.8, 4) is 11.8 Å². The number of rotatable bonds is 3. The number of aliphatic hydroxyl groups is 1. The van der Waals surface area contributed by atoms with Crippen molar-refractivity contribution < 1.29 is 9.90 Å². The van der Waals surface area contributed by atoms with Gasteiger partial charge in [-0.05, 0) is 48.5 Å². The third kappa shape index (κ3) is 3.00. The molecule has 1 N–H and O–H groups in total. The lowest BCUT2D eigenvalue weighted by molar-refractivity contribution is 0.0759. The Labute approximate surface area is 130 Å². The number of nitrogens with zero attached hydrogens (tertiary/aromatic N) is 1. The molecule has 1 heterocycles. The zero-order valence-electron chi connectivity index (χ0n) is 12.3. The molecular weight excluding hydrogens is 282 g/mol. The Balaban J connectivity index is 1.66. The van der Waals surface area contributed by atoms with Crippen LogP contribution in [0.25, 0.3) is 0 Å². The molecule has 0 aromatic carbocycles. The molecule has 3 unspecified atom stereocenters. The lowest BCUT2D eigenvalue weighted by Gasteiger charge is -2.27. The number of thiophene rings is 1. The van der Waals surface area contributed by atoms with Gasteiger partial charge in [-0.25, -0.2) is 0 Å². The largest absolute Gasteiger partial charge is 0.384 e. The minimum Gasteiger partial charge on any atom is -0.384 e. The van der Waals surface area contributed by atoms with Gasteiger partial charge in [0.2, 0.25) is 0 Å². The van der Waals surface area contributed by atoms with Crippen molar-refractivity contribution in [3.05, 3.63) is 21.9 Å². The maximum atomic E-state index is 12.6. The first-order valence-corrected chi connectivity index (χ1v) is 8.49. The summed E-state index contributed by atoms with van der Waals surface area (Å²) in [6.07, 6.45) is 5.41. The zero-order valence-corrected chi connectivity index (χ0v) is 13.2. The standard InChI is InChI=1S/C17H21NO2S/c1-18(11-15-10-12-4-5-14(15)9-12)17(20)16-13(3-2-7-19)6-8-21-16/h6,8,12,14-15,19H,4-5,7,9-11H2,1H3. The summed E-state index contributed by atoms with van der Waals surface area (Å²) >= 11 is 1.43. The van der Waals surface area contributed by atoms with Gasteiger partial charge in [0, 0.05) is 19.2 Å². The molecule has 2 saturated carbocycles. The smallest absolute Gasteiger partial charge is 0.264 e. The molecule has 2 bridgehead atoms. The molecule has 21 heavy (non-hydrogen) atoms. The fraction of sp³-hybridized carbons (Fsp3) is 0.588. The molecule has 1 aromatic heterocycles. The molecule has 3 nitrogen and oxygen atoms in total. The van der Waals surface area contributed by atoms with Crippen LogP contribution in [-0.4, -0.2) is 36.1 Å². The number of carbonyl (C=O) groups excluding carboxylic acids is 1. The van der Waals surface area contributed by atoms with E-state index >= 15 is 0 Å². The van der Waals surface area contributed by atoms with Crippen molar-refractivity contribution in [3.63, 3.8) is 0 Å². The van der Waals surface area contributed by atoms with E-state index in [9.17, 15) is 4.79 Å². The van der Waals surface area contributed by atoms with Gasteiger partial charge in [0.05, 0.1) is 0 Å². The van der Waals surface area contributed by atoms with Crippen LogP contribution in [0.5, 0.6) is 0 Å². The molecule has 0 saturated heterocycles. The topological polar surface area (TPSA) is 40.5 Å². The van der Waals surface area contributed by atoms with Gasteiger partial charge in [0.25, 0.3) is 5.91 Å². The summed E-state index contributed by atoms with van der Waals surface area (Å²) in [6.45, 7) is 0.690. The minimum absolute atomic E-state index is 0.0648. The van der Waals surface area contributed by atoms with E-state index in [4.69, 9.17) is 5.11 Å². The first-order valence-electron chi connectivity index (χ1n) is 7.61. The summed E-state index contributed by atoms with van der Waals surface area (Å²) in [5, 5.41) is 10.7. The lowest BCUT2D eigenvalue weighted by atomic mass is 9.88. The summed E-state index contributed by atoms with van der Waals surface area (Å²) < 4.78 is 0. The Kier molecular flexibility index (Phi) is 4.32. The van der Waals surface area contributed by atoms with E-state index in [0.717, 1.165) is 23.9 Å². The van der Waals surface area contributed by atoms with E-state index in [1.165, 1.54) is 37.0 Å². The maximum absolute atomic E-state index is 12.6. The molecule has 0 aliphatic heterocycles. The molecule has 0 spiro atoms. The Morgan fingerprint density at radius 3 is 3.00 bits per heavy atom. The number of carbonyl (C=O) groups is 1. The Morgan fingerprint density at radius 1 is 1.48 bits per heavy atom. The molecule has 2 fully saturated rings. The van der Waals surface area contributed by atoms with Crippen LogP contribution in [0, 0.1) is 29.6 Å². The second-order valence-corrected chi connectivity index (χ2v) is 7.16. The van der Waals surface area contributed by atoms with Crippen molar-refractivity contribution in [2.45, 2.75) is 25.7 Å². The lowest BCUT2D eigenvalue weighted by Crippen LogP contribution is -2.33.